The average molecular weight is 500 g/mol. The fraction of sp³-hybridized carbons (Fsp3) is 0.381. The highest BCUT2D eigenvalue weighted by Gasteiger charge is 2.15. The van der Waals surface area contributed by atoms with Gasteiger partial charge < -0.3 is 20.3 Å². The fourth-order valence-electron chi connectivity index (χ4n) is 2.75. The number of rotatable bonds is 8. The van der Waals surface area contributed by atoms with Crippen molar-refractivity contribution < 1.29 is 9.13 Å². The van der Waals surface area contributed by atoms with Crippen LogP contribution in [0.1, 0.15) is 24.1 Å². The molecular weight excluding hydrogens is 470 g/mol. The number of guanidine groups is 1. The molecule has 28 heavy (non-hydrogen) atoms. The minimum Gasteiger partial charge on any atom is -0.497 e. The highest BCUT2D eigenvalue weighted by Crippen LogP contribution is 2.20. The van der Waals surface area contributed by atoms with Crippen LogP contribution >= 0.6 is 24.0 Å². The van der Waals surface area contributed by atoms with Crippen LogP contribution in [0.25, 0.3) is 0 Å². The van der Waals surface area contributed by atoms with Crippen LogP contribution in [-0.4, -0.2) is 45.2 Å². The van der Waals surface area contributed by atoms with Gasteiger partial charge in [0.15, 0.2) is 5.96 Å². The van der Waals surface area contributed by atoms with E-state index in [0.717, 1.165) is 12.3 Å². The van der Waals surface area contributed by atoms with Crippen LogP contribution in [0.15, 0.2) is 53.5 Å². The van der Waals surface area contributed by atoms with Crippen LogP contribution in [-0.2, 0) is 6.54 Å². The third-order valence-corrected chi connectivity index (χ3v) is 4.30. The Morgan fingerprint density at radius 1 is 1.11 bits per heavy atom. The van der Waals surface area contributed by atoms with E-state index in [2.05, 4.69) is 32.7 Å². The lowest BCUT2D eigenvalue weighted by atomic mass is 10.1. The summed E-state index contributed by atoms with van der Waals surface area (Å²) in [5.74, 6) is 1.27. The van der Waals surface area contributed by atoms with Gasteiger partial charge in [0.2, 0.25) is 0 Å². The van der Waals surface area contributed by atoms with E-state index in [4.69, 9.17) is 4.74 Å². The Bertz CT molecular complexity index is 737. The average Bonchev–Trinajstić information content (AvgIpc) is 2.67. The van der Waals surface area contributed by atoms with Crippen molar-refractivity contribution in [3.05, 3.63) is 65.5 Å². The predicted molar refractivity (Wildman–Crippen MR) is 124 cm³/mol. The minimum absolute atomic E-state index is 0. The lowest BCUT2D eigenvalue weighted by Crippen LogP contribution is -2.41. The molecule has 2 N–H and O–H groups in total. The highest BCUT2D eigenvalue weighted by atomic mass is 127. The lowest BCUT2D eigenvalue weighted by Gasteiger charge is -2.26. The molecule has 0 aromatic heterocycles. The molecule has 2 aromatic carbocycles. The Morgan fingerprint density at radius 3 is 2.36 bits per heavy atom. The molecule has 5 nitrogen and oxygen atoms in total. The van der Waals surface area contributed by atoms with Crippen LogP contribution in [0.2, 0.25) is 0 Å². The van der Waals surface area contributed by atoms with Crippen molar-refractivity contribution >= 4 is 29.9 Å². The lowest BCUT2D eigenvalue weighted by molar-refractivity contribution is 0.298. The Hall–Kier alpha value is -1.87. The molecule has 0 fully saturated rings. The molecule has 154 valence electrons. The number of benzene rings is 2. The Labute approximate surface area is 184 Å². The van der Waals surface area contributed by atoms with Gasteiger partial charge >= 0.3 is 0 Å². The summed E-state index contributed by atoms with van der Waals surface area (Å²) < 4.78 is 19.0. The number of halogens is 2. The van der Waals surface area contributed by atoms with Gasteiger partial charge in [-0.1, -0.05) is 30.3 Å². The summed E-state index contributed by atoms with van der Waals surface area (Å²) in [4.78, 5) is 6.66. The van der Waals surface area contributed by atoms with Gasteiger partial charge in [-0.2, -0.15) is 0 Å². The Balaban J connectivity index is 0.00000392. The number of likely N-dealkylation sites (N-methyl/N-ethyl adjacent to an activating group) is 1. The maximum absolute atomic E-state index is 13.8. The predicted octanol–water partition coefficient (Wildman–Crippen LogP) is 3.81. The first kappa shape index (κ1) is 24.2. The zero-order valence-corrected chi connectivity index (χ0v) is 19.2. The van der Waals surface area contributed by atoms with Crippen molar-refractivity contribution in [1.29, 1.82) is 0 Å². The van der Waals surface area contributed by atoms with Gasteiger partial charge in [0.05, 0.1) is 19.7 Å². The molecule has 0 spiro atoms. The largest absolute Gasteiger partial charge is 0.497 e. The van der Waals surface area contributed by atoms with Crippen LogP contribution < -0.4 is 15.4 Å². The summed E-state index contributed by atoms with van der Waals surface area (Å²) in [5.41, 5.74) is 1.76. The number of nitrogens with one attached hydrogen (secondary N) is 2. The van der Waals surface area contributed by atoms with Crippen LogP contribution in [0.3, 0.4) is 0 Å². The van der Waals surface area contributed by atoms with E-state index < -0.39 is 0 Å². The molecule has 1 unspecified atom stereocenters. The zero-order chi connectivity index (χ0) is 19.6. The van der Waals surface area contributed by atoms with Crippen molar-refractivity contribution in [3.8, 4) is 5.75 Å². The normalized spacial score (nSPS) is 12.3. The van der Waals surface area contributed by atoms with E-state index in [1.54, 1.807) is 19.2 Å². The van der Waals surface area contributed by atoms with Crippen molar-refractivity contribution in [2.45, 2.75) is 19.5 Å². The third-order valence-electron chi connectivity index (χ3n) is 4.30. The third kappa shape index (κ3) is 7.27. The summed E-state index contributed by atoms with van der Waals surface area (Å²) in [6.07, 6.45) is 0. The van der Waals surface area contributed by atoms with E-state index in [0.29, 0.717) is 18.1 Å². The molecule has 0 aliphatic heterocycles. The molecule has 0 saturated carbocycles. The summed E-state index contributed by atoms with van der Waals surface area (Å²) in [6, 6.07) is 14.9. The molecule has 0 saturated heterocycles. The minimum atomic E-state index is -0.235. The van der Waals surface area contributed by atoms with Crippen LogP contribution in [0.5, 0.6) is 5.75 Å². The molecule has 0 aliphatic carbocycles. The van der Waals surface area contributed by atoms with E-state index in [9.17, 15) is 4.39 Å². The second kappa shape index (κ2) is 12.6. The zero-order valence-electron chi connectivity index (χ0n) is 16.9. The molecule has 7 heteroatoms. The first-order valence-corrected chi connectivity index (χ1v) is 9.11. The molecule has 2 rings (SSSR count). The molecular formula is C21H30FIN4O. The van der Waals surface area contributed by atoms with Gasteiger partial charge in [0.1, 0.15) is 11.6 Å². The van der Waals surface area contributed by atoms with Gasteiger partial charge in [-0.25, -0.2) is 9.38 Å². The summed E-state index contributed by atoms with van der Waals surface area (Å²) >= 11 is 0. The topological polar surface area (TPSA) is 48.9 Å². The van der Waals surface area contributed by atoms with Crippen molar-refractivity contribution in [1.82, 2.24) is 15.5 Å². The van der Waals surface area contributed by atoms with Gasteiger partial charge in [-0.3, -0.25) is 0 Å². The summed E-state index contributed by atoms with van der Waals surface area (Å²) in [6.45, 7) is 3.70. The first-order valence-electron chi connectivity index (χ1n) is 9.11. The first-order chi connectivity index (χ1) is 13.0. The van der Waals surface area contributed by atoms with Crippen molar-refractivity contribution in [2.24, 2.45) is 4.99 Å². The summed E-state index contributed by atoms with van der Waals surface area (Å²) in [7, 11) is 5.74. The number of nitrogens with zero attached hydrogens (tertiary/aromatic N) is 2. The molecule has 0 radical (unpaired) electrons. The molecule has 0 amide bonds. The monoisotopic (exact) mass is 500 g/mol. The van der Waals surface area contributed by atoms with Crippen molar-refractivity contribution in [3.63, 3.8) is 0 Å². The van der Waals surface area contributed by atoms with Crippen LogP contribution in [0, 0.1) is 5.82 Å². The standard InChI is InChI=1S/C21H29FN4O.HI/c1-5-23-21(24-14-17-8-6-7-9-19(17)22)25-15-20(26(2)3)16-10-12-18(27-4)13-11-16;/h6-13,20H,5,14-15H2,1-4H3,(H2,23,24,25);1H. The van der Waals surface area contributed by atoms with Crippen LogP contribution in [0.4, 0.5) is 4.39 Å². The Kier molecular flexibility index (Phi) is 10.8. The maximum atomic E-state index is 13.8. The maximum Gasteiger partial charge on any atom is 0.191 e. The second-order valence-corrected chi connectivity index (χ2v) is 6.42. The molecule has 0 aliphatic rings. The molecule has 1 atom stereocenters. The molecule has 2 aromatic rings. The number of ether oxygens (including phenoxy) is 1. The number of hydrogen-bond acceptors (Lipinski definition) is 3. The smallest absolute Gasteiger partial charge is 0.191 e. The van der Waals surface area contributed by atoms with E-state index in [1.165, 1.54) is 11.6 Å². The quantitative estimate of drug-likeness (QED) is 0.329. The number of methoxy groups -OCH3 is 1. The van der Waals surface area contributed by atoms with Crippen molar-refractivity contribution in [2.75, 3.05) is 34.3 Å². The molecule has 0 bridgehead atoms. The van der Waals surface area contributed by atoms with Gasteiger partial charge in [0.25, 0.3) is 0 Å². The highest BCUT2D eigenvalue weighted by molar-refractivity contribution is 14.0. The van der Waals surface area contributed by atoms with E-state index >= 15 is 0 Å². The van der Waals surface area contributed by atoms with E-state index in [1.807, 2.05) is 39.2 Å². The fourth-order valence-corrected chi connectivity index (χ4v) is 2.75. The number of aliphatic imine (C=N–C) groups is 1. The van der Waals surface area contributed by atoms with Gasteiger partial charge in [0, 0.05) is 18.7 Å². The second-order valence-electron chi connectivity index (χ2n) is 6.42. The molecule has 0 heterocycles. The summed E-state index contributed by atoms with van der Waals surface area (Å²) in [5, 5.41) is 6.58. The van der Waals surface area contributed by atoms with Gasteiger partial charge in [-0.05, 0) is 44.8 Å². The van der Waals surface area contributed by atoms with E-state index in [-0.39, 0.29) is 42.4 Å². The van der Waals surface area contributed by atoms with Gasteiger partial charge in [-0.15, -0.1) is 24.0 Å². The number of hydrogen-bond donors (Lipinski definition) is 2. The SMILES string of the molecule is CCNC(=NCc1ccccc1F)NCC(c1ccc(OC)cc1)N(C)C.I. The Morgan fingerprint density at radius 2 is 1.79 bits per heavy atom.